The van der Waals surface area contributed by atoms with Crippen LogP contribution in [0, 0.1) is 5.92 Å². The number of amides is 2. The Morgan fingerprint density at radius 3 is 2.63 bits per heavy atom. The Morgan fingerprint density at radius 1 is 1.21 bits per heavy atom. The van der Waals surface area contributed by atoms with Crippen LogP contribution in [-0.4, -0.2) is 54.4 Å². The molecule has 6 nitrogen and oxygen atoms in total. The number of rotatable bonds is 3. The predicted molar refractivity (Wildman–Crippen MR) is 68.9 cm³/mol. The lowest BCUT2D eigenvalue weighted by atomic mass is 10.0. The summed E-state index contributed by atoms with van der Waals surface area (Å²) in [7, 11) is 0. The highest BCUT2D eigenvalue weighted by Gasteiger charge is 2.32. The van der Waals surface area contributed by atoms with Crippen LogP contribution in [-0.2, 0) is 9.53 Å². The molecule has 108 valence electrons. The normalized spacial score (nSPS) is 25.1. The van der Waals surface area contributed by atoms with Crippen molar-refractivity contribution >= 4 is 12.0 Å². The van der Waals surface area contributed by atoms with Crippen molar-refractivity contribution in [2.45, 2.75) is 38.1 Å². The summed E-state index contributed by atoms with van der Waals surface area (Å²) in [5.41, 5.74) is 0. The molecule has 19 heavy (non-hydrogen) atoms. The van der Waals surface area contributed by atoms with Crippen molar-refractivity contribution < 1.29 is 19.4 Å². The van der Waals surface area contributed by atoms with Crippen molar-refractivity contribution in [3.63, 3.8) is 0 Å². The van der Waals surface area contributed by atoms with Gasteiger partial charge in [0.2, 0.25) is 0 Å². The smallest absolute Gasteiger partial charge is 0.326 e. The van der Waals surface area contributed by atoms with E-state index >= 15 is 0 Å². The first kappa shape index (κ1) is 14.1. The second-order valence-electron chi connectivity index (χ2n) is 5.29. The Kier molecular flexibility index (Phi) is 5.01. The highest BCUT2D eigenvalue weighted by Crippen LogP contribution is 2.18. The number of likely N-dealkylation sites (tertiary alicyclic amines) is 1. The van der Waals surface area contributed by atoms with Gasteiger partial charge in [0, 0.05) is 26.3 Å². The van der Waals surface area contributed by atoms with E-state index in [2.05, 4.69) is 5.32 Å². The van der Waals surface area contributed by atoms with Gasteiger partial charge in [-0.05, 0) is 38.0 Å². The fraction of sp³-hybridized carbons (Fsp3) is 0.846. The van der Waals surface area contributed by atoms with Crippen LogP contribution < -0.4 is 5.32 Å². The van der Waals surface area contributed by atoms with E-state index < -0.39 is 12.0 Å². The molecule has 2 N–H and O–H groups in total. The Morgan fingerprint density at radius 2 is 1.95 bits per heavy atom. The molecule has 1 unspecified atom stereocenters. The molecule has 6 heteroatoms. The summed E-state index contributed by atoms with van der Waals surface area (Å²) in [5.74, 6) is -0.452. The highest BCUT2D eigenvalue weighted by atomic mass is 16.5. The van der Waals surface area contributed by atoms with Crippen LogP contribution in [0.25, 0.3) is 0 Å². The minimum Gasteiger partial charge on any atom is -0.480 e. The fourth-order valence-electron chi connectivity index (χ4n) is 2.72. The third-order valence-electron chi connectivity index (χ3n) is 3.93. The number of nitrogens with zero attached hydrogens (tertiary/aromatic N) is 1. The number of carbonyl (C=O) groups excluding carboxylic acids is 1. The van der Waals surface area contributed by atoms with Gasteiger partial charge < -0.3 is 20.1 Å². The summed E-state index contributed by atoms with van der Waals surface area (Å²) >= 11 is 0. The molecule has 2 saturated heterocycles. The van der Waals surface area contributed by atoms with E-state index in [4.69, 9.17) is 9.84 Å². The zero-order valence-electron chi connectivity index (χ0n) is 11.1. The molecular formula is C13H22N2O4. The van der Waals surface area contributed by atoms with Crippen LogP contribution in [0.1, 0.15) is 32.1 Å². The maximum Gasteiger partial charge on any atom is 0.326 e. The van der Waals surface area contributed by atoms with Crippen molar-refractivity contribution in [2.75, 3.05) is 26.3 Å². The van der Waals surface area contributed by atoms with Gasteiger partial charge in [-0.15, -0.1) is 0 Å². The number of ether oxygens (including phenoxy) is 1. The number of hydrogen-bond acceptors (Lipinski definition) is 3. The Bertz CT molecular complexity index is 329. The maximum absolute atomic E-state index is 12.1. The molecule has 0 saturated carbocycles. The minimum absolute atomic E-state index is 0.237. The van der Waals surface area contributed by atoms with Crippen LogP contribution in [0.15, 0.2) is 0 Å². The van der Waals surface area contributed by atoms with Gasteiger partial charge >= 0.3 is 12.0 Å². The van der Waals surface area contributed by atoms with E-state index in [-0.39, 0.29) is 6.03 Å². The summed E-state index contributed by atoms with van der Waals surface area (Å²) in [6.45, 7) is 2.66. The zero-order valence-corrected chi connectivity index (χ0v) is 11.1. The Hall–Kier alpha value is -1.30. The van der Waals surface area contributed by atoms with Crippen molar-refractivity contribution in [1.29, 1.82) is 0 Å². The number of piperidine rings is 1. The number of nitrogens with one attached hydrogen (secondary N) is 1. The van der Waals surface area contributed by atoms with E-state index in [0.29, 0.717) is 25.4 Å². The van der Waals surface area contributed by atoms with Crippen LogP contribution in [0.2, 0.25) is 0 Å². The lowest BCUT2D eigenvalue weighted by Gasteiger charge is -2.33. The standard InChI is InChI=1S/C13H22N2O4/c16-12(17)11-3-1-2-6-15(11)13(18)14-9-10-4-7-19-8-5-10/h10-11H,1-9H2,(H,14,18)(H,16,17). The van der Waals surface area contributed by atoms with E-state index in [1.54, 1.807) is 0 Å². The summed E-state index contributed by atoms with van der Waals surface area (Å²) in [6.07, 6.45) is 4.24. The molecule has 1 atom stereocenters. The molecule has 2 rings (SSSR count). The fourth-order valence-corrected chi connectivity index (χ4v) is 2.72. The van der Waals surface area contributed by atoms with E-state index in [1.165, 1.54) is 4.90 Å². The molecule has 0 aromatic heterocycles. The first-order chi connectivity index (χ1) is 9.18. The lowest BCUT2D eigenvalue weighted by molar-refractivity contribution is -0.143. The Balaban J connectivity index is 1.81. The molecule has 0 radical (unpaired) electrons. The van der Waals surface area contributed by atoms with Crippen LogP contribution in [0.3, 0.4) is 0 Å². The van der Waals surface area contributed by atoms with Gasteiger partial charge in [-0.25, -0.2) is 9.59 Å². The first-order valence-electron chi connectivity index (χ1n) is 7.03. The van der Waals surface area contributed by atoms with Gasteiger partial charge in [0.1, 0.15) is 6.04 Å². The number of carbonyl (C=O) groups is 2. The molecule has 2 aliphatic rings. The van der Waals surface area contributed by atoms with E-state index in [0.717, 1.165) is 38.9 Å². The lowest BCUT2D eigenvalue weighted by Crippen LogP contribution is -2.52. The zero-order chi connectivity index (χ0) is 13.7. The highest BCUT2D eigenvalue weighted by molar-refractivity contribution is 5.82. The third kappa shape index (κ3) is 3.83. The minimum atomic E-state index is -0.902. The molecule has 0 bridgehead atoms. The molecule has 2 heterocycles. The number of hydrogen-bond donors (Lipinski definition) is 2. The second kappa shape index (κ2) is 6.75. The molecule has 0 aromatic carbocycles. The molecule has 2 amide bonds. The summed E-state index contributed by atoms with van der Waals surface area (Å²) < 4.78 is 5.27. The monoisotopic (exact) mass is 270 g/mol. The van der Waals surface area contributed by atoms with Crippen molar-refractivity contribution in [3.05, 3.63) is 0 Å². The van der Waals surface area contributed by atoms with Crippen LogP contribution in [0.4, 0.5) is 4.79 Å². The molecule has 0 aliphatic carbocycles. The maximum atomic E-state index is 12.1. The predicted octanol–water partition coefficient (Wildman–Crippen LogP) is 1.06. The largest absolute Gasteiger partial charge is 0.480 e. The summed E-state index contributed by atoms with van der Waals surface area (Å²) in [4.78, 5) is 24.7. The van der Waals surface area contributed by atoms with Crippen molar-refractivity contribution in [2.24, 2.45) is 5.92 Å². The SMILES string of the molecule is O=C(O)C1CCCCN1C(=O)NCC1CCOCC1. The number of carboxylic acid groups (broad SMARTS) is 1. The van der Waals surface area contributed by atoms with Crippen LogP contribution >= 0.6 is 0 Å². The number of aliphatic carboxylic acids is 1. The molecule has 0 aromatic rings. The molecule has 2 fully saturated rings. The van der Waals surface area contributed by atoms with Gasteiger partial charge in [0.05, 0.1) is 0 Å². The van der Waals surface area contributed by atoms with Crippen molar-refractivity contribution in [3.8, 4) is 0 Å². The second-order valence-corrected chi connectivity index (χ2v) is 5.29. The van der Waals surface area contributed by atoms with Gasteiger partial charge in [-0.3, -0.25) is 0 Å². The van der Waals surface area contributed by atoms with E-state index in [9.17, 15) is 9.59 Å². The van der Waals surface area contributed by atoms with Gasteiger partial charge in [0.15, 0.2) is 0 Å². The van der Waals surface area contributed by atoms with Crippen molar-refractivity contribution in [1.82, 2.24) is 10.2 Å². The average Bonchev–Trinajstić information content (AvgIpc) is 2.46. The van der Waals surface area contributed by atoms with Gasteiger partial charge in [0.25, 0.3) is 0 Å². The quantitative estimate of drug-likeness (QED) is 0.803. The number of carboxylic acids is 1. The third-order valence-corrected chi connectivity index (χ3v) is 3.93. The summed E-state index contributed by atoms with van der Waals surface area (Å²) in [5, 5.41) is 12.0. The summed E-state index contributed by atoms with van der Waals surface area (Å²) in [6, 6.07) is -0.901. The first-order valence-corrected chi connectivity index (χ1v) is 7.03. The van der Waals surface area contributed by atoms with Crippen LogP contribution in [0.5, 0.6) is 0 Å². The molecular weight excluding hydrogens is 248 g/mol. The van der Waals surface area contributed by atoms with Gasteiger partial charge in [-0.1, -0.05) is 0 Å². The Labute approximate surface area is 113 Å². The van der Waals surface area contributed by atoms with E-state index in [1.807, 2.05) is 0 Å². The van der Waals surface area contributed by atoms with Gasteiger partial charge in [-0.2, -0.15) is 0 Å². The number of urea groups is 1. The molecule has 0 spiro atoms. The topological polar surface area (TPSA) is 78.9 Å². The molecule has 2 aliphatic heterocycles. The average molecular weight is 270 g/mol.